The normalized spacial score (nSPS) is 17.1. The molecule has 0 unspecified atom stereocenters. The lowest BCUT2D eigenvalue weighted by Gasteiger charge is -2.31. The number of halogens is 1. The molecule has 0 spiro atoms. The van der Waals surface area contributed by atoms with Crippen LogP contribution in [-0.4, -0.2) is 48.9 Å². The number of piperazine rings is 1. The van der Waals surface area contributed by atoms with Crippen LogP contribution in [0.4, 0.5) is 0 Å². The van der Waals surface area contributed by atoms with E-state index in [0.717, 1.165) is 31.1 Å². The van der Waals surface area contributed by atoms with Gasteiger partial charge < -0.3 is 9.80 Å². The molecule has 1 amide bonds. The highest BCUT2D eigenvalue weighted by molar-refractivity contribution is 7.10. The van der Waals surface area contributed by atoms with Crippen LogP contribution < -0.4 is 0 Å². The van der Waals surface area contributed by atoms with Gasteiger partial charge >= 0.3 is 0 Å². The molecule has 94 valence electrons. The van der Waals surface area contributed by atoms with Crippen molar-refractivity contribution >= 4 is 35.7 Å². The first-order valence-electron chi connectivity index (χ1n) is 5.45. The predicted octanol–water partition coefficient (Wildman–Crippen LogP) is 1.96. The molecule has 1 aromatic heterocycles. The van der Waals surface area contributed by atoms with Crippen LogP contribution in [0, 0.1) is 0 Å². The van der Waals surface area contributed by atoms with E-state index in [1.54, 1.807) is 17.4 Å². The molecule has 0 N–H and O–H groups in total. The molecular weight excluding hydrogens is 256 g/mol. The number of carbonyl (C=O) groups excluding carboxylic acids is 1. The van der Waals surface area contributed by atoms with Crippen LogP contribution in [0.3, 0.4) is 0 Å². The van der Waals surface area contributed by atoms with Crippen molar-refractivity contribution in [3.8, 4) is 0 Å². The van der Waals surface area contributed by atoms with Crippen LogP contribution in [0.5, 0.6) is 0 Å². The van der Waals surface area contributed by atoms with Crippen molar-refractivity contribution in [1.29, 1.82) is 0 Å². The Morgan fingerprint density at radius 3 is 2.65 bits per heavy atom. The minimum Gasteiger partial charge on any atom is -0.337 e. The molecule has 2 rings (SSSR count). The molecule has 2 heterocycles. The summed E-state index contributed by atoms with van der Waals surface area (Å²) in [4.78, 5) is 17.1. The Hall–Kier alpha value is -0.840. The van der Waals surface area contributed by atoms with Crippen molar-refractivity contribution in [3.05, 3.63) is 28.5 Å². The van der Waals surface area contributed by atoms with Crippen molar-refractivity contribution < 1.29 is 4.79 Å². The minimum atomic E-state index is 0. The summed E-state index contributed by atoms with van der Waals surface area (Å²) in [7, 11) is 2.09. The zero-order valence-electron chi connectivity index (χ0n) is 9.83. The number of carbonyl (C=O) groups is 1. The van der Waals surface area contributed by atoms with Crippen molar-refractivity contribution in [2.75, 3.05) is 33.2 Å². The third-order valence-electron chi connectivity index (χ3n) is 2.75. The summed E-state index contributed by atoms with van der Waals surface area (Å²) < 4.78 is 0. The summed E-state index contributed by atoms with van der Waals surface area (Å²) in [6.45, 7) is 3.62. The third kappa shape index (κ3) is 4.15. The second-order valence-corrected chi connectivity index (χ2v) is 4.96. The first kappa shape index (κ1) is 14.2. The van der Waals surface area contributed by atoms with Crippen LogP contribution in [0.15, 0.2) is 23.6 Å². The molecule has 1 aliphatic rings. The van der Waals surface area contributed by atoms with Gasteiger partial charge in [-0.05, 0) is 24.6 Å². The molecule has 0 aliphatic carbocycles. The maximum Gasteiger partial charge on any atom is 0.246 e. The van der Waals surface area contributed by atoms with Gasteiger partial charge in [0, 0.05) is 37.1 Å². The van der Waals surface area contributed by atoms with Crippen molar-refractivity contribution in [2.45, 2.75) is 0 Å². The SMILES string of the molecule is CN1CCN(C(=O)/C=C/c2cccs2)CC1.Cl. The Labute approximate surface area is 112 Å². The largest absolute Gasteiger partial charge is 0.337 e. The van der Waals surface area contributed by atoms with E-state index in [1.165, 1.54) is 0 Å². The van der Waals surface area contributed by atoms with E-state index < -0.39 is 0 Å². The fourth-order valence-electron chi connectivity index (χ4n) is 1.67. The third-order valence-corrected chi connectivity index (χ3v) is 3.59. The summed E-state index contributed by atoms with van der Waals surface area (Å²) in [6, 6.07) is 4.00. The van der Waals surface area contributed by atoms with E-state index in [1.807, 2.05) is 28.5 Å². The van der Waals surface area contributed by atoms with Gasteiger partial charge in [0.25, 0.3) is 0 Å². The van der Waals surface area contributed by atoms with E-state index in [-0.39, 0.29) is 18.3 Å². The first-order chi connectivity index (χ1) is 7.75. The van der Waals surface area contributed by atoms with Crippen LogP contribution in [-0.2, 0) is 4.79 Å². The lowest BCUT2D eigenvalue weighted by Crippen LogP contribution is -2.46. The topological polar surface area (TPSA) is 23.6 Å². The standard InChI is InChI=1S/C12H16N2OS.ClH/c1-13-6-8-14(9-7-13)12(15)5-4-11-3-2-10-16-11;/h2-5,10H,6-9H2,1H3;1H/b5-4+;. The quantitative estimate of drug-likeness (QED) is 0.769. The van der Waals surface area contributed by atoms with Crippen molar-refractivity contribution in [1.82, 2.24) is 9.80 Å². The second-order valence-electron chi connectivity index (χ2n) is 3.98. The molecule has 1 aromatic rings. The van der Waals surface area contributed by atoms with Crippen LogP contribution >= 0.6 is 23.7 Å². The molecule has 5 heteroatoms. The lowest BCUT2D eigenvalue weighted by atomic mass is 10.3. The number of hydrogen-bond acceptors (Lipinski definition) is 3. The second kappa shape index (κ2) is 6.79. The molecular formula is C12H17ClN2OS. The molecule has 1 fully saturated rings. The zero-order chi connectivity index (χ0) is 11.4. The molecule has 0 saturated carbocycles. The number of hydrogen-bond donors (Lipinski definition) is 0. The lowest BCUT2D eigenvalue weighted by molar-refractivity contribution is -0.127. The van der Waals surface area contributed by atoms with Gasteiger partial charge in [-0.2, -0.15) is 0 Å². The van der Waals surface area contributed by atoms with E-state index in [4.69, 9.17) is 0 Å². The van der Waals surface area contributed by atoms with Crippen LogP contribution in [0.2, 0.25) is 0 Å². The van der Waals surface area contributed by atoms with E-state index >= 15 is 0 Å². The highest BCUT2D eigenvalue weighted by atomic mass is 35.5. The van der Waals surface area contributed by atoms with Gasteiger partial charge in [0.2, 0.25) is 5.91 Å². The molecule has 0 bridgehead atoms. The average molecular weight is 273 g/mol. The number of nitrogens with zero attached hydrogens (tertiary/aromatic N) is 2. The van der Waals surface area contributed by atoms with Crippen molar-refractivity contribution in [2.24, 2.45) is 0 Å². The number of thiophene rings is 1. The van der Waals surface area contributed by atoms with E-state index in [0.29, 0.717) is 0 Å². The van der Waals surface area contributed by atoms with E-state index in [9.17, 15) is 4.79 Å². The number of rotatable bonds is 2. The van der Waals surface area contributed by atoms with Crippen LogP contribution in [0.1, 0.15) is 4.88 Å². The summed E-state index contributed by atoms with van der Waals surface area (Å²) in [5.74, 6) is 0.126. The molecule has 3 nitrogen and oxygen atoms in total. The summed E-state index contributed by atoms with van der Waals surface area (Å²) in [5, 5.41) is 2.01. The number of likely N-dealkylation sites (N-methyl/N-ethyl adjacent to an activating group) is 1. The Morgan fingerprint density at radius 2 is 2.06 bits per heavy atom. The van der Waals surface area contributed by atoms with Gasteiger partial charge in [0.05, 0.1) is 0 Å². The molecule has 17 heavy (non-hydrogen) atoms. The average Bonchev–Trinajstić information content (AvgIpc) is 2.80. The van der Waals surface area contributed by atoms with Gasteiger partial charge in [-0.15, -0.1) is 23.7 Å². The van der Waals surface area contributed by atoms with Gasteiger partial charge in [-0.3, -0.25) is 4.79 Å². The Bertz CT molecular complexity index is 370. The highest BCUT2D eigenvalue weighted by Crippen LogP contribution is 2.10. The Morgan fingerprint density at radius 1 is 1.35 bits per heavy atom. The summed E-state index contributed by atoms with van der Waals surface area (Å²) in [5.41, 5.74) is 0. The van der Waals surface area contributed by atoms with Crippen molar-refractivity contribution in [3.63, 3.8) is 0 Å². The molecule has 0 atom stereocenters. The van der Waals surface area contributed by atoms with Gasteiger partial charge in [-0.25, -0.2) is 0 Å². The maximum atomic E-state index is 11.8. The molecule has 1 aliphatic heterocycles. The van der Waals surface area contributed by atoms with Gasteiger partial charge in [0.1, 0.15) is 0 Å². The highest BCUT2D eigenvalue weighted by Gasteiger charge is 2.16. The fraction of sp³-hybridized carbons (Fsp3) is 0.417. The number of amides is 1. The van der Waals surface area contributed by atoms with E-state index in [2.05, 4.69) is 11.9 Å². The monoisotopic (exact) mass is 272 g/mol. The molecule has 0 radical (unpaired) electrons. The smallest absolute Gasteiger partial charge is 0.246 e. The Kier molecular flexibility index (Phi) is 5.68. The zero-order valence-corrected chi connectivity index (χ0v) is 11.5. The molecule has 0 aromatic carbocycles. The summed E-state index contributed by atoms with van der Waals surface area (Å²) in [6.07, 6.45) is 3.57. The van der Waals surface area contributed by atoms with Gasteiger partial charge in [0.15, 0.2) is 0 Å². The molecule has 1 saturated heterocycles. The maximum absolute atomic E-state index is 11.8. The first-order valence-corrected chi connectivity index (χ1v) is 6.33. The Balaban J connectivity index is 0.00000144. The van der Waals surface area contributed by atoms with Crippen LogP contribution in [0.25, 0.3) is 6.08 Å². The minimum absolute atomic E-state index is 0. The predicted molar refractivity (Wildman–Crippen MR) is 74.7 cm³/mol. The fourth-order valence-corrected chi connectivity index (χ4v) is 2.29. The summed E-state index contributed by atoms with van der Waals surface area (Å²) >= 11 is 1.65. The van der Waals surface area contributed by atoms with Gasteiger partial charge in [-0.1, -0.05) is 6.07 Å².